The lowest BCUT2D eigenvalue weighted by atomic mass is 9.73. The Labute approximate surface area is 132 Å². The highest BCUT2D eigenvalue weighted by atomic mass is 16.2. The van der Waals surface area contributed by atoms with Crippen molar-refractivity contribution in [2.45, 2.75) is 43.6 Å². The number of hydrogen-bond donors (Lipinski definition) is 2. The van der Waals surface area contributed by atoms with E-state index >= 15 is 0 Å². The average Bonchev–Trinajstić information content (AvgIpc) is 3.39. The summed E-state index contributed by atoms with van der Waals surface area (Å²) in [7, 11) is 0. The summed E-state index contributed by atoms with van der Waals surface area (Å²) in [6.45, 7) is 2.17. The molecule has 1 saturated heterocycles. The van der Waals surface area contributed by atoms with Crippen molar-refractivity contribution in [1.29, 1.82) is 0 Å². The predicted octanol–water partition coefficient (Wildman–Crippen LogP) is 1.63. The van der Waals surface area contributed by atoms with Gasteiger partial charge in [0.2, 0.25) is 5.91 Å². The first-order chi connectivity index (χ1) is 10.6. The van der Waals surface area contributed by atoms with Gasteiger partial charge in [0.05, 0.1) is 6.04 Å². The summed E-state index contributed by atoms with van der Waals surface area (Å²) in [5.74, 6) is 0.821. The van der Waals surface area contributed by atoms with Crippen LogP contribution in [-0.4, -0.2) is 36.5 Å². The van der Waals surface area contributed by atoms with Crippen molar-refractivity contribution in [2.75, 3.05) is 19.6 Å². The van der Waals surface area contributed by atoms with E-state index in [1.54, 1.807) is 0 Å². The quantitative estimate of drug-likeness (QED) is 0.868. The molecule has 1 saturated carbocycles. The first kappa shape index (κ1) is 15.5. The molecule has 3 rings (SSSR count). The number of hydrogen-bond acceptors (Lipinski definition) is 3. The first-order valence-corrected chi connectivity index (χ1v) is 8.44. The molecule has 1 aliphatic heterocycles. The van der Waals surface area contributed by atoms with Gasteiger partial charge in [0.25, 0.3) is 0 Å². The smallest absolute Gasteiger partial charge is 0.239 e. The highest BCUT2D eigenvalue weighted by Crippen LogP contribution is 2.36. The van der Waals surface area contributed by atoms with Crippen LogP contribution in [0, 0.1) is 5.92 Å². The van der Waals surface area contributed by atoms with Crippen LogP contribution in [0.25, 0.3) is 0 Å². The summed E-state index contributed by atoms with van der Waals surface area (Å²) in [6.07, 6.45) is 5.19. The molecule has 4 nitrogen and oxygen atoms in total. The summed E-state index contributed by atoms with van der Waals surface area (Å²) < 4.78 is 0. The van der Waals surface area contributed by atoms with Crippen molar-refractivity contribution >= 4 is 5.91 Å². The van der Waals surface area contributed by atoms with E-state index in [4.69, 9.17) is 11.5 Å². The van der Waals surface area contributed by atoms with Crippen LogP contribution in [0.4, 0.5) is 0 Å². The van der Waals surface area contributed by atoms with Crippen LogP contribution in [0.2, 0.25) is 0 Å². The van der Waals surface area contributed by atoms with E-state index in [0.29, 0.717) is 12.5 Å². The summed E-state index contributed by atoms with van der Waals surface area (Å²) >= 11 is 0. The monoisotopic (exact) mass is 301 g/mol. The molecule has 1 amide bonds. The molecular formula is C18H27N3O. The van der Waals surface area contributed by atoms with Gasteiger partial charge in [0.15, 0.2) is 0 Å². The van der Waals surface area contributed by atoms with Crippen molar-refractivity contribution in [3.05, 3.63) is 35.9 Å². The Balaban J connectivity index is 1.62. The largest absolute Gasteiger partial charge is 0.341 e. The number of benzene rings is 1. The van der Waals surface area contributed by atoms with E-state index in [2.05, 4.69) is 24.3 Å². The van der Waals surface area contributed by atoms with Gasteiger partial charge >= 0.3 is 0 Å². The Morgan fingerprint density at radius 3 is 2.41 bits per heavy atom. The van der Waals surface area contributed by atoms with Gasteiger partial charge in [-0.15, -0.1) is 0 Å². The Kier molecular flexibility index (Phi) is 4.50. The molecular weight excluding hydrogens is 274 g/mol. The zero-order valence-corrected chi connectivity index (χ0v) is 13.2. The highest BCUT2D eigenvalue weighted by molar-refractivity contribution is 5.81. The molecule has 4 N–H and O–H groups in total. The summed E-state index contributed by atoms with van der Waals surface area (Å²) in [4.78, 5) is 14.4. The molecule has 0 spiro atoms. The zero-order valence-electron chi connectivity index (χ0n) is 13.2. The minimum atomic E-state index is -0.311. The van der Waals surface area contributed by atoms with Crippen molar-refractivity contribution in [2.24, 2.45) is 17.4 Å². The van der Waals surface area contributed by atoms with E-state index in [1.807, 2.05) is 11.0 Å². The Morgan fingerprint density at radius 1 is 1.23 bits per heavy atom. The fourth-order valence-corrected chi connectivity index (χ4v) is 3.61. The topological polar surface area (TPSA) is 72.3 Å². The fraction of sp³-hybridized carbons (Fsp3) is 0.611. The third-order valence-electron chi connectivity index (χ3n) is 5.41. The molecule has 0 bridgehead atoms. The van der Waals surface area contributed by atoms with Crippen molar-refractivity contribution in [3.63, 3.8) is 0 Å². The highest BCUT2D eigenvalue weighted by Gasteiger charge is 2.37. The minimum absolute atomic E-state index is 0.0125. The van der Waals surface area contributed by atoms with Crippen LogP contribution >= 0.6 is 0 Å². The molecule has 1 aromatic carbocycles. The third-order valence-corrected chi connectivity index (χ3v) is 5.41. The Hall–Kier alpha value is -1.39. The van der Waals surface area contributed by atoms with E-state index in [1.165, 1.54) is 18.4 Å². The van der Waals surface area contributed by atoms with Crippen molar-refractivity contribution in [3.8, 4) is 0 Å². The van der Waals surface area contributed by atoms with Crippen LogP contribution in [0.15, 0.2) is 30.3 Å². The maximum atomic E-state index is 12.5. The van der Waals surface area contributed by atoms with E-state index in [9.17, 15) is 4.79 Å². The van der Waals surface area contributed by atoms with Gasteiger partial charge in [0.1, 0.15) is 0 Å². The van der Waals surface area contributed by atoms with Crippen LogP contribution < -0.4 is 11.5 Å². The number of nitrogens with zero attached hydrogens (tertiary/aromatic N) is 1. The van der Waals surface area contributed by atoms with Crippen molar-refractivity contribution < 1.29 is 4.79 Å². The molecule has 1 unspecified atom stereocenters. The molecule has 2 aliphatic rings. The van der Waals surface area contributed by atoms with Gasteiger partial charge in [-0.05, 0) is 30.7 Å². The maximum Gasteiger partial charge on any atom is 0.239 e. The second-order valence-electron chi connectivity index (χ2n) is 6.96. The van der Waals surface area contributed by atoms with Gasteiger partial charge < -0.3 is 16.4 Å². The molecule has 1 atom stereocenters. The second-order valence-corrected chi connectivity index (χ2v) is 6.96. The lowest BCUT2D eigenvalue weighted by molar-refractivity contribution is -0.134. The number of amides is 1. The van der Waals surface area contributed by atoms with Crippen LogP contribution in [-0.2, 0) is 10.2 Å². The lowest BCUT2D eigenvalue weighted by Gasteiger charge is -2.42. The van der Waals surface area contributed by atoms with Crippen LogP contribution in [0.1, 0.15) is 37.7 Å². The average molecular weight is 301 g/mol. The van der Waals surface area contributed by atoms with Gasteiger partial charge in [-0.25, -0.2) is 0 Å². The van der Waals surface area contributed by atoms with Gasteiger partial charge in [-0.1, -0.05) is 43.2 Å². The second kappa shape index (κ2) is 6.39. The molecule has 22 heavy (non-hydrogen) atoms. The number of nitrogens with two attached hydrogens (primary N) is 2. The van der Waals surface area contributed by atoms with E-state index in [-0.39, 0.29) is 17.4 Å². The number of carbonyl (C=O) groups excluding carboxylic acids is 1. The molecule has 4 heteroatoms. The molecule has 0 radical (unpaired) electrons. The SMILES string of the molecule is NCC1(c2ccccc2)CCN(C(=O)C(N)CC2CC2)CC1. The lowest BCUT2D eigenvalue weighted by Crippen LogP contribution is -2.52. The van der Waals surface area contributed by atoms with E-state index < -0.39 is 0 Å². The first-order valence-electron chi connectivity index (χ1n) is 8.44. The summed E-state index contributed by atoms with van der Waals surface area (Å²) in [6, 6.07) is 10.2. The number of piperidine rings is 1. The Bertz CT molecular complexity index is 504. The minimum Gasteiger partial charge on any atom is -0.341 e. The standard InChI is InChI=1S/C18H27N3O/c19-13-18(15-4-2-1-3-5-15)8-10-21(11-9-18)17(22)16(20)12-14-6-7-14/h1-5,14,16H,6-13,19-20H2. The Morgan fingerprint density at radius 2 is 1.86 bits per heavy atom. The van der Waals surface area contributed by atoms with Crippen LogP contribution in [0.3, 0.4) is 0 Å². The normalized spacial score (nSPS) is 22.4. The summed E-state index contributed by atoms with van der Waals surface area (Å²) in [5.41, 5.74) is 13.5. The maximum absolute atomic E-state index is 12.5. The van der Waals surface area contributed by atoms with Gasteiger partial charge in [-0.3, -0.25) is 4.79 Å². The van der Waals surface area contributed by atoms with Crippen molar-refractivity contribution in [1.82, 2.24) is 4.90 Å². The molecule has 0 aromatic heterocycles. The zero-order chi connectivity index (χ0) is 15.6. The fourth-order valence-electron chi connectivity index (χ4n) is 3.61. The van der Waals surface area contributed by atoms with E-state index in [0.717, 1.165) is 32.4 Å². The molecule has 1 heterocycles. The number of rotatable bonds is 5. The number of likely N-dealkylation sites (tertiary alicyclic amines) is 1. The third kappa shape index (κ3) is 3.18. The van der Waals surface area contributed by atoms with Gasteiger partial charge in [0, 0.05) is 25.0 Å². The number of carbonyl (C=O) groups is 1. The predicted molar refractivity (Wildman–Crippen MR) is 88.3 cm³/mol. The molecule has 1 aromatic rings. The van der Waals surface area contributed by atoms with Gasteiger partial charge in [-0.2, -0.15) is 0 Å². The van der Waals surface area contributed by atoms with Crippen LogP contribution in [0.5, 0.6) is 0 Å². The molecule has 120 valence electrons. The molecule has 1 aliphatic carbocycles. The summed E-state index contributed by atoms with van der Waals surface area (Å²) in [5, 5.41) is 0. The molecule has 2 fully saturated rings.